The highest BCUT2D eigenvalue weighted by Gasteiger charge is 2.33. The lowest BCUT2D eigenvalue weighted by atomic mass is 10.0. The van der Waals surface area contributed by atoms with Crippen molar-refractivity contribution in [2.45, 2.75) is 122 Å². The van der Waals surface area contributed by atoms with Crippen LogP contribution in [0.1, 0.15) is 110 Å². The maximum Gasteiger partial charge on any atom is 0.475 e. The van der Waals surface area contributed by atoms with Crippen LogP contribution in [0.2, 0.25) is 0 Å². The van der Waals surface area contributed by atoms with Gasteiger partial charge in [-0.15, -0.1) is 0 Å². The standard InChI is InChI=1S/C31H67N2O6P/c1-8-9-10-11-12-13-14-15-16-17-18-19-20-21-22-23-31-35-28-30(39-31)29-38-40(34,36-26-24-32(2,3)4)37-27-25-33(5,6)7/h30-31H,8-29H2,1-7H3/q+2. The molecule has 1 saturated heterocycles. The van der Waals surface area contributed by atoms with Crippen molar-refractivity contribution in [3.63, 3.8) is 0 Å². The first-order chi connectivity index (χ1) is 18.9. The Morgan fingerprint density at radius 1 is 0.650 bits per heavy atom. The molecule has 0 aliphatic carbocycles. The summed E-state index contributed by atoms with van der Waals surface area (Å²) in [6.45, 7) is 4.88. The van der Waals surface area contributed by atoms with Crippen molar-refractivity contribution >= 4 is 7.82 Å². The SMILES string of the molecule is CCCCCCCCCCCCCCCCCC1OCC(COP(=O)(OCC[N+](C)(C)C)OCC[N+](C)(C)C)O1. The van der Waals surface area contributed by atoms with Crippen molar-refractivity contribution < 1.29 is 36.6 Å². The van der Waals surface area contributed by atoms with Gasteiger partial charge in [-0.05, 0) is 12.8 Å². The number of rotatable bonds is 27. The Kier molecular flexibility index (Phi) is 20.5. The van der Waals surface area contributed by atoms with Crippen LogP contribution in [0.4, 0.5) is 0 Å². The highest BCUT2D eigenvalue weighted by atomic mass is 31.2. The van der Waals surface area contributed by atoms with Crippen LogP contribution in [0, 0.1) is 0 Å². The molecule has 0 spiro atoms. The lowest BCUT2D eigenvalue weighted by Gasteiger charge is -2.27. The molecule has 0 amide bonds. The van der Waals surface area contributed by atoms with E-state index in [2.05, 4.69) is 49.2 Å². The van der Waals surface area contributed by atoms with Crippen LogP contribution < -0.4 is 0 Å². The molecule has 0 bridgehead atoms. The van der Waals surface area contributed by atoms with E-state index in [-0.39, 0.29) is 19.0 Å². The van der Waals surface area contributed by atoms with Crippen LogP contribution >= 0.6 is 7.82 Å². The van der Waals surface area contributed by atoms with Gasteiger partial charge < -0.3 is 18.4 Å². The molecule has 1 heterocycles. The predicted octanol–water partition coefficient (Wildman–Crippen LogP) is 7.56. The first-order valence-corrected chi connectivity index (χ1v) is 17.8. The van der Waals surface area contributed by atoms with Gasteiger partial charge >= 0.3 is 7.82 Å². The van der Waals surface area contributed by atoms with E-state index in [1.54, 1.807) is 0 Å². The fourth-order valence-electron chi connectivity index (χ4n) is 4.57. The smallest absolute Gasteiger partial charge is 0.350 e. The largest absolute Gasteiger partial charge is 0.475 e. The molecule has 0 saturated carbocycles. The second kappa shape index (κ2) is 21.6. The summed E-state index contributed by atoms with van der Waals surface area (Å²) in [6.07, 6.45) is 20.8. The summed E-state index contributed by atoms with van der Waals surface area (Å²) in [5.41, 5.74) is 0. The fraction of sp³-hybridized carbons (Fsp3) is 1.00. The maximum atomic E-state index is 13.3. The fourth-order valence-corrected chi connectivity index (χ4v) is 5.75. The zero-order valence-corrected chi connectivity index (χ0v) is 28.4. The normalized spacial score (nSPS) is 18.6. The molecule has 1 aliphatic rings. The molecule has 1 fully saturated rings. The van der Waals surface area contributed by atoms with Gasteiger partial charge in [0.25, 0.3) is 0 Å². The van der Waals surface area contributed by atoms with E-state index in [1.807, 2.05) is 0 Å². The van der Waals surface area contributed by atoms with Gasteiger partial charge in [-0.3, -0.25) is 13.6 Å². The van der Waals surface area contributed by atoms with Crippen molar-refractivity contribution in [2.24, 2.45) is 0 Å². The average molecular weight is 595 g/mol. The molecule has 0 radical (unpaired) electrons. The number of unbranched alkanes of at least 4 members (excludes halogenated alkanes) is 14. The minimum absolute atomic E-state index is 0.140. The van der Waals surface area contributed by atoms with Crippen LogP contribution in [0.25, 0.3) is 0 Å². The molecular formula is C31H67N2O6P+2. The minimum Gasteiger partial charge on any atom is -0.350 e. The molecule has 2 unspecified atom stereocenters. The van der Waals surface area contributed by atoms with Crippen molar-refractivity contribution in [1.29, 1.82) is 0 Å². The van der Waals surface area contributed by atoms with E-state index in [0.717, 1.165) is 12.8 Å². The van der Waals surface area contributed by atoms with Gasteiger partial charge in [0, 0.05) is 0 Å². The zero-order valence-electron chi connectivity index (χ0n) is 27.5. The number of phosphoric ester groups is 1. The van der Waals surface area contributed by atoms with Gasteiger partial charge in [-0.25, -0.2) is 4.57 Å². The van der Waals surface area contributed by atoms with Crippen LogP contribution in [0.5, 0.6) is 0 Å². The summed E-state index contributed by atoms with van der Waals surface area (Å²) < 4.78 is 43.6. The number of hydrogen-bond acceptors (Lipinski definition) is 6. The Hall–Kier alpha value is -0.0500. The molecule has 0 aromatic carbocycles. The Bertz CT molecular complexity index is 629. The summed E-state index contributed by atoms with van der Waals surface area (Å²) >= 11 is 0. The van der Waals surface area contributed by atoms with Crippen molar-refractivity contribution in [3.8, 4) is 0 Å². The van der Waals surface area contributed by atoms with Gasteiger partial charge in [-0.1, -0.05) is 96.8 Å². The first-order valence-electron chi connectivity index (χ1n) is 16.3. The Labute approximate surface area is 248 Å². The lowest BCUT2D eigenvalue weighted by molar-refractivity contribution is -0.870. The number of phosphoric acid groups is 1. The predicted molar refractivity (Wildman–Crippen MR) is 165 cm³/mol. The van der Waals surface area contributed by atoms with Gasteiger partial charge in [-0.2, -0.15) is 0 Å². The van der Waals surface area contributed by atoms with Crippen molar-refractivity contribution in [2.75, 3.05) is 81.8 Å². The van der Waals surface area contributed by atoms with Crippen LogP contribution in [0.3, 0.4) is 0 Å². The number of quaternary nitrogens is 2. The third-order valence-electron chi connectivity index (χ3n) is 7.30. The minimum atomic E-state index is -3.67. The van der Waals surface area contributed by atoms with E-state index in [0.29, 0.717) is 41.9 Å². The van der Waals surface area contributed by atoms with E-state index in [9.17, 15) is 4.57 Å². The molecular weight excluding hydrogens is 527 g/mol. The van der Waals surface area contributed by atoms with Gasteiger partial charge in [0.2, 0.25) is 0 Å². The topological polar surface area (TPSA) is 63.2 Å². The van der Waals surface area contributed by atoms with Crippen molar-refractivity contribution in [3.05, 3.63) is 0 Å². The second-order valence-electron chi connectivity index (χ2n) is 13.7. The molecule has 0 aromatic rings. The van der Waals surface area contributed by atoms with Gasteiger partial charge in [0.05, 0.1) is 55.5 Å². The molecule has 40 heavy (non-hydrogen) atoms. The average Bonchev–Trinajstić information content (AvgIpc) is 3.31. The van der Waals surface area contributed by atoms with Gasteiger partial charge in [0.15, 0.2) is 6.29 Å². The summed E-state index contributed by atoms with van der Waals surface area (Å²) in [5.74, 6) is 0. The molecule has 0 aromatic heterocycles. The molecule has 1 rings (SSSR count). The monoisotopic (exact) mass is 594 g/mol. The highest BCUT2D eigenvalue weighted by molar-refractivity contribution is 7.48. The Balaban J connectivity index is 2.13. The molecule has 8 nitrogen and oxygen atoms in total. The number of ether oxygens (including phenoxy) is 2. The third-order valence-corrected chi connectivity index (χ3v) is 8.76. The van der Waals surface area contributed by atoms with E-state index < -0.39 is 7.82 Å². The van der Waals surface area contributed by atoms with Crippen LogP contribution in [-0.4, -0.2) is 103 Å². The molecule has 0 N–H and O–H groups in total. The van der Waals surface area contributed by atoms with Crippen LogP contribution in [-0.2, 0) is 27.6 Å². The molecule has 1 aliphatic heterocycles. The Morgan fingerprint density at radius 3 is 1.50 bits per heavy atom. The van der Waals surface area contributed by atoms with Crippen molar-refractivity contribution in [1.82, 2.24) is 0 Å². The maximum absolute atomic E-state index is 13.3. The lowest BCUT2D eigenvalue weighted by Crippen LogP contribution is -2.38. The number of likely N-dealkylation sites (N-methyl/N-ethyl adjacent to an activating group) is 2. The summed E-state index contributed by atoms with van der Waals surface area (Å²) in [4.78, 5) is 0. The summed E-state index contributed by atoms with van der Waals surface area (Å²) in [5, 5.41) is 0. The number of nitrogens with zero attached hydrogens (tertiary/aromatic N) is 2. The second-order valence-corrected chi connectivity index (χ2v) is 15.4. The Morgan fingerprint density at radius 2 is 1.07 bits per heavy atom. The zero-order chi connectivity index (χ0) is 29.7. The quantitative estimate of drug-likeness (QED) is 0.0556. The van der Waals surface area contributed by atoms with E-state index in [4.69, 9.17) is 23.0 Å². The molecule has 9 heteroatoms. The van der Waals surface area contributed by atoms with Crippen LogP contribution in [0.15, 0.2) is 0 Å². The molecule has 240 valence electrons. The highest BCUT2D eigenvalue weighted by Crippen LogP contribution is 2.49. The van der Waals surface area contributed by atoms with E-state index in [1.165, 1.54) is 89.9 Å². The summed E-state index contributed by atoms with van der Waals surface area (Å²) in [6, 6.07) is 0. The molecule has 2 atom stereocenters. The first kappa shape index (κ1) is 38.0. The summed E-state index contributed by atoms with van der Waals surface area (Å²) in [7, 11) is 8.72. The van der Waals surface area contributed by atoms with E-state index >= 15 is 0 Å². The number of hydrogen-bond donors (Lipinski definition) is 0. The van der Waals surface area contributed by atoms with Gasteiger partial charge in [0.1, 0.15) is 32.4 Å². The third kappa shape index (κ3) is 22.5.